The summed E-state index contributed by atoms with van der Waals surface area (Å²) in [6.45, 7) is 0.900. The third-order valence-corrected chi connectivity index (χ3v) is 5.54. The summed E-state index contributed by atoms with van der Waals surface area (Å²) in [6.07, 6.45) is 1.22. The van der Waals surface area contributed by atoms with Gasteiger partial charge in [-0.2, -0.15) is 0 Å². The van der Waals surface area contributed by atoms with E-state index in [0.29, 0.717) is 5.56 Å². The van der Waals surface area contributed by atoms with E-state index in [4.69, 9.17) is 0 Å². The largest absolute Gasteiger partial charge is 0.360 e. The van der Waals surface area contributed by atoms with E-state index in [2.05, 4.69) is 15.3 Å². The molecule has 3 aromatic rings. The molecule has 1 aliphatic rings. The summed E-state index contributed by atoms with van der Waals surface area (Å²) < 4.78 is 14.6. The van der Waals surface area contributed by atoms with Crippen LogP contribution in [0.4, 0.5) is 4.39 Å². The highest BCUT2D eigenvalue weighted by molar-refractivity contribution is 6.45. The molecule has 2 heterocycles. The van der Waals surface area contributed by atoms with Crippen LogP contribution in [-0.4, -0.2) is 71.6 Å². The van der Waals surface area contributed by atoms with Crippen molar-refractivity contribution in [3.05, 3.63) is 71.2 Å². The summed E-state index contributed by atoms with van der Waals surface area (Å²) in [6, 6.07) is 11.1. The van der Waals surface area contributed by atoms with Gasteiger partial charge in [0.15, 0.2) is 0 Å². The lowest BCUT2D eigenvalue weighted by Gasteiger charge is -2.34. The second-order valence-corrected chi connectivity index (χ2v) is 7.46. The van der Waals surface area contributed by atoms with Crippen LogP contribution in [-0.2, 0) is 9.63 Å². The van der Waals surface area contributed by atoms with Crippen molar-refractivity contribution in [3.63, 3.8) is 0 Å². The SMILES string of the molecule is CONC(=O)c1ccc(F)c2c(C(=O)C(=O)N3CCN(C(=O)c4ccccc4)CC3)c[nH]c12. The van der Waals surface area contributed by atoms with Gasteiger partial charge in [0.05, 0.1) is 23.8 Å². The van der Waals surface area contributed by atoms with Gasteiger partial charge in [0.25, 0.3) is 23.5 Å². The number of hydroxylamine groups is 1. The van der Waals surface area contributed by atoms with Crippen LogP contribution in [0.1, 0.15) is 31.1 Å². The highest BCUT2D eigenvalue weighted by Crippen LogP contribution is 2.26. The molecule has 4 rings (SSSR count). The van der Waals surface area contributed by atoms with Gasteiger partial charge < -0.3 is 14.8 Å². The molecule has 0 radical (unpaired) electrons. The van der Waals surface area contributed by atoms with Crippen LogP contribution in [0.25, 0.3) is 10.9 Å². The normalized spacial score (nSPS) is 13.8. The lowest BCUT2D eigenvalue weighted by atomic mass is 10.0. The number of halogens is 1. The fraction of sp³-hybridized carbons (Fsp3) is 0.217. The summed E-state index contributed by atoms with van der Waals surface area (Å²) in [5.41, 5.74) is 2.67. The molecule has 9 nitrogen and oxygen atoms in total. The molecule has 1 fully saturated rings. The fourth-order valence-electron chi connectivity index (χ4n) is 3.86. The fourth-order valence-corrected chi connectivity index (χ4v) is 3.86. The maximum absolute atomic E-state index is 14.6. The minimum Gasteiger partial charge on any atom is -0.360 e. The second kappa shape index (κ2) is 9.21. The molecule has 10 heteroatoms. The predicted molar refractivity (Wildman–Crippen MR) is 116 cm³/mol. The molecule has 0 atom stereocenters. The Balaban J connectivity index is 1.50. The number of nitrogens with one attached hydrogen (secondary N) is 2. The van der Waals surface area contributed by atoms with E-state index in [9.17, 15) is 23.6 Å². The van der Waals surface area contributed by atoms with E-state index < -0.39 is 23.4 Å². The number of aromatic amines is 1. The number of aromatic nitrogens is 1. The number of benzene rings is 2. The number of hydrogen-bond acceptors (Lipinski definition) is 5. The quantitative estimate of drug-likeness (QED) is 0.348. The summed E-state index contributed by atoms with van der Waals surface area (Å²) in [5.74, 6) is -3.21. The van der Waals surface area contributed by atoms with E-state index in [1.165, 1.54) is 24.3 Å². The first-order valence-corrected chi connectivity index (χ1v) is 10.2. The molecule has 1 aliphatic heterocycles. The molecule has 2 aromatic carbocycles. The highest BCUT2D eigenvalue weighted by atomic mass is 19.1. The van der Waals surface area contributed by atoms with Gasteiger partial charge in [0, 0.05) is 43.3 Å². The van der Waals surface area contributed by atoms with Gasteiger partial charge in [0.2, 0.25) is 0 Å². The van der Waals surface area contributed by atoms with Gasteiger partial charge in [-0.25, -0.2) is 9.87 Å². The first-order chi connectivity index (χ1) is 15.9. The van der Waals surface area contributed by atoms with Crippen molar-refractivity contribution >= 4 is 34.4 Å². The molecular weight excluding hydrogens is 431 g/mol. The molecule has 33 heavy (non-hydrogen) atoms. The van der Waals surface area contributed by atoms with Crippen molar-refractivity contribution in [3.8, 4) is 0 Å². The molecule has 0 bridgehead atoms. The van der Waals surface area contributed by atoms with Gasteiger partial charge in [-0.3, -0.25) is 24.0 Å². The van der Waals surface area contributed by atoms with Gasteiger partial charge in [-0.1, -0.05) is 18.2 Å². The van der Waals surface area contributed by atoms with E-state index in [-0.39, 0.29) is 54.1 Å². The molecule has 1 saturated heterocycles. The number of hydrogen-bond donors (Lipinski definition) is 2. The third kappa shape index (κ3) is 4.20. The van der Waals surface area contributed by atoms with Crippen LogP contribution in [0, 0.1) is 5.82 Å². The van der Waals surface area contributed by atoms with Crippen LogP contribution in [0.3, 0.4) is 0 Å². The average molecular weight is 452 g/mol. The number of ketones is 1. The molecule has 2 N–H and O–H groups in total. The van der Waals surface area contributed by atoms with Crippen molar-refractivity contribution in [1.82, 2.24) is 20.3 Å². The average Bonchev–Trinajstić information content (AvgIpc) is 3.30. The number of piperazine rings is 1. The Kier molecular flexibility index (Phi) is 6.18. The summed E-state index contributed by atoms with van der Waals surface area (Å²) in [5, 5.41) is -0.144. The summed E-state index contributed by atoms with van der Waals surface area (Å²) >= 11 is 0. The Morgan fingerprint density at radius 2 is 1.61 bits per heavy atom. The van der Waals surface area contributed by atoms with Crippen molar-refractivity contribution in [1.29, 1.82) is 0 Å². The monoisotopic (exact) mass is 452 g/mol. The van der Waals surface area contributed by atoms with E-state index >= 15 is 0 Å². The minimum absolute atomic E-state index is 0.0628. The Labute approximate surface area is 188 Å². The Hall–Kier alpha value is -4.05. The second-order valence-electron chi connectivity index (χ2n) is 7.46. The molecule has 1 aromatic heterocycles. The zero-order valence-corrected chi connectivity index (χ0v) is 17.8. The molecule has 170 valence electrons. The maximum Gasteiger partial charge on any atom is 0.295 e. The number of nitrogens with zero attached hydrogens (tertiary/aromatic N) is 2. The van der Waals surface area contributed by atoms with Crippen molar-refractivity contribution in [2.75, 3.05) is 33.3 Å². The topological polar surface area (TPSA) is 112 Å². The highest BCUT2D eigenvalue weighted by Gasteiger charge is 2.31. The van der Waals surface area contributed by atoms with Gasteiger partial charge in [-0.05, 0) is 24.3 Å². The molecule has 0 saturated carbocycles. The Morgan fingerprint density at radius 3 is 2.27 bits per heavy atom. The number of fused-ring (bicyclic) bond motifs is 1. The van der Waals surface area contributed by atoms with Crippen LogP contribution < -0.4 is 5.48 Å². The number of Topliss-reactive ketones (excluding diaryl/α,β-unsaturated/α-hetero) is 1. The Bertz CT molecular complexity index is 1230. The van der Waals surface area contributed by atoms with Crippen LogP contribution in [0.5, 0.6) is 0 Å². The van der Waals surface area contributed by atoms with Crippen molar-refractivity contribution < 1.29 is 28.4 Å². The lowest BCUT2D eigenvalue weighted by Crippen LogP contribution is -2.52. The maximum atomic E-state index is 14.6. The number of carbonyl (C=O) groups excluding carboxylic acids is 4. The molecular formula is C23H21FN4O5. The van der Waals surface area contributed by atoms with Crippen LogP contribution >= 0.6 is 0 Å². The molecule has 3 amide bonds. The Morgan fingerprint density at radius 1 is 0.939 bits per heavy atom. The van der Waals surface area contributed by atoms with Gasteiger partial charge >= 0.3 is 0 Å². The minimum atomic E-state index is -0.896. The summed E-state index contributed by atoms with van der Waals surface area (Å²) in [4.78, 5) is 60.8. The zero-order valence-electron chi connectivity index (χ0n) is 17.8. The third-order valence-electron chi connectivity index (χ3n) is 5.54. The smallest absolute Gasteiger partial charge is 0.295 e. The molecule has 0 spiro atoms. The first kappa shape index (κ1) is 22.2. The van der Waals surface area contributed by atoms with E-state index in [1.54, 1.807) is 29.2 Å². The van der Waals surface area contributed by atoms with Crippen LogP contribution in [0.2, 0.25) is 0 Å². The molecule has 0 unspecified atom stereocenters. The van der Waals surface area contributed by atoms with Gasteiger partial charge in [0.1, 0.15) is 5.82 Å². The van der Waals surface area contributed by atoms with Crippen molar-refractivity contribution in [2.24, 2.45) is 0 Å². The van der Waals surface area contributed by atoms with Crippen molar-refractivity contribution in [2.45, 2.75) is 0 Å². The first-order valence-electron chi connectivity index (χ1n) is 10.2. The van der Waals surface area contributed by atoms with Gasteiger partial charge in [-0.15, -0.1) is 0 Å². The number of amides is 3. The molecule has 0 aliphatic carbocycles. The number of H-pyrrole nitrogens is 1. The number of rotatable bonds is 5. The predicted octanol–water partition coefficient (Wildman–Crippen LogP) is 1.77. The van der Waals surface area contributed by atoms with E-state index in [1.807, 2.05) is 6.07 Å². The van der Waals surface area contributed by atoms with Crippen LogP contribution in [0.15, 0.2) is 48.7 Å². The standard InChI is InChI=1S/C23H21FN4O5/c1-33-26-21(30)15-7-8-17(24)18-16(13-25-19(15)18)20(29)23(32)28-11-9-27(10-12-28)22(31)14-5-3-2-4-6-14/h2-8,13,25H,9-12H2,1H3,(H,26,30). The number of carbonyl (C=O) groups is 4. The van der Waals surface area contributed by atoms with E-state index in [0.717, 1.165) is 6.07 Å². The summed E-state index contributed by atoms with van der Waals surface area (Å²) in [7, 11) is 1.26. The zero-order chi connectivity index (χ0) is 23.5. The lowest BCUT2D eigenvalue weighted by molar-refractivity contribution is -0.127.